The number of aliphatic hydroxyl groups is 1. The normalized spacial score (nSPS) is 17.1. The zero-order valence-electron chi connectivity index (χ0n) is 22.5. The first kappa shape index (κ1) is 29.8. The summed E-state index contributed by atoms with van der Waals surface area (Å²) in [6.07, 6.45) is 6.31. The molecule has 1 fully saturated rings. The lowest BCUT2D eigenvalue weighted by Gasteiger charge is -2.26. The van der Waals surface area contributed by atoms with Crippen LogP contribution < -0.4 is 5.32 Å². The quantitative estimate of drug-likeness (QED) is 0.262. The van der Waals surface area contributed by atoms with Crippen molar-refractivity contribution in [3.63, 3.8) is 0 Å². The summed E-state index contributed by atoms with van der Waals surface area (Å²) < 4.78 is 5.75. The minimum atomic E-state index is -0.622. The number of carbonyl (C=O) groups excluding carboxylic acids is 3. The molecular formula is C32H40N2O5. The molecule has 1 saturated heterocycles. The lowest BCUT2D eigenvalue weighted by Crippen LogP contribution is -2.42. The molecule has 4 unspecified atom stereocenters. The van der Waals surface area contributed by atoms with Gasteiger partial charge in [-0.2, -0.15) is 0 Å². The summed E-state index contributed by atoms with van der Waals surface area (Å²) in [7, 11) is 0. The van der Waals surface area contributed by atoms with Gasteiger partial charge in [-0.3, -0.25) is 14.4 Å². The molecule has 2 amide bonds. The van der Waals surface area contributed by atoms with Crippen molar-refractivity contribution in [2.75, 3.05) is 19.8 Å². The van der Waals surface area contributed by atoms with Crippen molar-refractivity contribution in [3.8, 4) is 0 Å². The Balaban J connectivity index is 1.69. The number of hydrogen-bond donors (Lipinski definition) is 2. The molecule has 7 nitrogen and oxygen atoms in total. The van der Waals surface area contributed by atoms with Crippen LogP contribution in [0, 0.1) is 11.8 Å². The van der Waals surface area contributed by atoms with Crippen LogP contribution in [-0.4, -0.2) is 53.6 Å². The van der Waals surface area contributed by atoms with Crippen LogP contribution >= 0.6 is 0 Å². The van der Waals surface area contributed by atoms with Gasteiger partial charge in [0.05, 0.1) is 30.5 Å². The van der Waals surface area contributed by atoms with Gasteiger partial charge >= 0.3 is 5.97 Å². The van der Waals surface area contributed by atoms with E-state index in [-0.39, 0.29) is 49.4 Å². The Morgan fingerprint density at radius 2 is 1.64 bits per heavy atom. The van der Waals surface area contributed by atoms with E-state index in [9.17, 15) is 19.5 Å². The van der Waals surface area contributed by atoms with Crippen molar-refractivity contribution in [1.82, 2.24) is 10.2 Å². The van der Waals surface area contributed by atoms with E-state index < -0.39 is 12.0 Å². The second-order valence-corrected chi connectivity index (χ2v) is 10.0. The topological polar surface area (TPSA) is 95.9 Å². The number of esters is 1. The minimum Gasteiger partial charge on any atom is -0.463 e. The minimum absolute atomic E-state index is 0.0220. The number of hydrogen-bond acceptors (Lipinski definition) is 5. The van der Waals surface area contributed by atoms with Gasteiger partial charge in [-0.15, -0.1) is 13.2 Å². The second kappa shape index (κ2) is 15.6. The fraction of sp³-hybridized carbons (Fsp3) is 0.406. The largest absolute Gasteiger partial charge is 0.463 e. The Labute approximate surface area is 231 Å². The lowest BCUT2D eigenvalue weighted by atomic mass is 9.96. The number of carbonyl (C=O) groups is 3. The van der Waals surface area contributed by atoms with E-state index in [1.165, 1.54) is 0 Å². The van der Waals surface area contributed by atoms with Gasteiger partial charge < -0.3 is 20.1 Å². The molecule has 2 N–H and O–H groups in total. The molecule has 39 heavy (non-hydrogen) atoms. The van der Waals surface area contributed by atoms with Crippen LogP contribution in [0.1, 0.15) is 49.3 Å². The fourth-order valence-electron chi connectivity index (χ4n) is 5.01. The maximum atomic E-state index is 13.4. The van der Waals surface area contributed by atoms with Crippen LogP contribution in [0.15, 0.2) is 86.0 Å². The summed E-state index contributed by atoms with van der Waals surface area (Å²) in [6, 6.07) is 18.3. The first-order valence-corrected chi connectivity index (χ1v) is 13.6. The number of ether oxygens (including phenoxy) is 1. The molecule has 0 spiro atoms. The van der Waals surface area contributed by atoms with Crippen LogP contribution in [0.3, 0.4) is 0 Å². The molecule has 2 aromatic carbocycles. The van der Waals surface area contributed by atoms with Gasteiger partial charge in [-0.1, -0.05) is 72.8 Å². The molecule has 0 radical (unpaired) electrons. The van der Waals surface area contributed by atoms with Crippen molar-refractivity contribution < 1.29 is 24.2 Å². The maximum absolute atomic E-state index is 13.4. The van der Waals surface area contributed by atoms with E-state index in [2.05, 4.69) is 18.5 Å². The summed E-state index contributed by atoms with van der Waals surface area (Å²) in [4.78, 5) is 41.1. The highest BCUT2D eigenvalue weighted by Gasteiger charge is 2.32. The summed E-state index contributed by atoms with van der Waals surface area (Å²) in [5, 5.41) is 12.6. The third-order valence-electron chi connectivity index (χ3n) is 7.17. The molecule has 0 aromatic heterocycles. The van der Waals surface area contributed by atoms with Crippen LogP contribution in [0.25, 0.3) is 0 Å². The molecule has 2 aromatic rings. The second-order valence-electron chi connectivity index (χ2n) is 10.0. The highest BCUT2D eigenvalue weighted by atomic mass is 16.5. The predicted molar refractivity (Wildman–Crippen MR) is 151 cm³/mol. The number of likely N-dealkylation sites (tertiary alicyclic amines) is 1. The maximum Gasteiger partial charge on any atom is 0.309 e. The smallest absolute Gasteiger partial charge is 0.309 e. The van der Waals surface area contributed by atoms with Crippen molar-refractivity contribution in [1.29, 1.82) is 0 Å². The Morgan fingerprint density at radius 3 is 2.28 bits per heavy atom. The molecule has 1 aliphatic heterocycles. The van der Waals surface area contributed by atoms with E-state index in [0.29, 0.717) is 25.8 Å². The van der Waals surface area contributed by atoms with Crippen LogP contribution in [0.5, 0.6) is 0 Å². The molecule has 1 aliphatic rings. The summed E-state index contributed by atoms with van der Waals surface area (Å²) >= 11 is 0. The van der Waals surface area contributed by atoms with E-state index in [4.69, 9.17) is 4.74 Å². The number of amides is 2. The first-order valence-electron chi connectivity index (χ1n) is 13.6. The van der Waals surface area contributed by atoms with Crippen LogP contribution in [-0.2, 0) is 25.5 Å². The van der Waals surface area contributed by atoms with Crippen molar-refractivity contribution >= 4 is 17.8 Å². The Kier molecular flexibility index (Phi) is 12.0. The standard InChI is InChI=1S/C32H40N2O5/c1-3-12-26(21-30(36)34-19-11-18-28(34)22-35)31(37)33-29(25-16-9-6-10-17-25)23-39-32(38)27(13-4-2)20-24-14-7-5-8-15-24/h3-10,14-17,26-29,35H,1-2,11-13,18-23H2,(H,33,37). The molecular weight excluding hydrogens is 492 g/mol. The number of allylic oxidation sites excluding steroid dienone is 2. The van der Waals surface area contributed by atoms with Gasteiger partial charge in [0.1, 0.15) is 6.61 Å². The number of aliphatic hydroxyl groups excluding tert-OH is 1. The monoisotopic (exact) mass is 532 g/mol. The van der Waals surface area contributed by atoms with E-state index in [1.54, 1.807) is 17.1 Å². The SMILES string of the molecule is C=CCC(CC(=O)N1CCCC1CO)C(=O)NC(COC(=O)C(CC=C)Cc1ccccc1)c1ccccc1. The van der Waals surface area contributed by atoms with Gasteiger partial charge in [0, 0.05) is 13.0 Å². The molecule has 1 heterocycles. The van der Waals surface area contributed by atoms with E-state index in [1.807, 2.05) is 60.7 Å². The highest BCUT2D eigenvalue weighted by Crippen LogP contribution is 2.23. The van der Waals surface area contributed by atoms with Crippen molar-refractivity contribution in [2.24, 2.45) is 11.8 Å². The zero-order valence-corrected chi connectivity index (χ0v) is 22.5. The molecule has 4 atom stereocenters. The van der Waals surface area contributed by atoms with Crippen molar-refractivity contribution in [2.45, 2.75) is 50.6 Å². The number of nitrogens with one attached hydrogen (secondary N) is 1. The lowest BCUT2D eigenvalue weighted by molar-refractivity contribution is -0.150. The van der Waals surface area contributed by atoms with Crippen LogP contribution in [0.2, 0.25) is 0 Å². The van der Waals surface area contributed by atoms with E-state index in [0.717, 1.165) is 24.0 Å². The van der Waals surface area contributed by atoms with Crippen LogP contribution in [0.4, 0.5) is 0 Å². The van der Waals surface area contributed by atoms with Gasteiger partial charge in [-0.05, 0) is 43.2 Å². The Bertz CT molecular complexity index is 1090. The Hall–Kier alpha value is -3.71. The Morgan fingerprint density at radius 1 is 1.00 bits per heavy atom. The summed E-state index contributed by atoms with van der Waals surface area (Å²) in [6.45, 7) is 8.02. The summed E-state index contributed by atoms with van der Waals surface area (Å²) in [5.41, 5.74) is 1.83. The average molecular weight is 533 g/mol. The van der Waals surface area contributed by atoms with Gasteiger partial charge in [-0.25, -0.2) is 0 Å². The number of benzene rings is 2. The third-order valence-corrected chi connectivity index (χ3v) is 7.17. The molecule has 7 heteroatoms. The van der Waals surface area contributed by atoms with Gasteiger partial charge in [0.15, 0.2) is 0 Å². The molecule has 0 aliphatic carbocycles. The molecule has 0 saturated carbocycles. The fourth-order valence-corrected chi connectivity index (χ4v) is 5.01. The summed E-state index contributed by atoms with van der Waals surface area (Å²) in [5.74, 6) is -1.81. The predicted octanol–water partition coefficient (Wildman–Crippen LogP) is 4.39. The average Bonchev–Trinajstić information content (AvgIpc) is 3.45. The molecule has 3 rings (SSSR count). The third kappa shape index (κ3) is 8.93. The van der Waals surface area contributed by atoms with E-state index >= 15 is 0 Å². The molecule has 0 bridgehead atoms. The number of rotatable bonds is 15. The zero-order chi connectivity index (χ0) is 28.0. The number of nitrogens with zero attached hydrogens (tertiary/aromatic N) is 1. The first-order chi connectivity index (χ1) is 19.0. The van der Waals surface area contributed by atoms with Gasteiger partial charge in [0.25, 0.3) is 0 Å². The van der Waals surface area contributed by atoms with Gasteiger partial charge in [0.2, 0.25) is 11.8 Å². The van der Waals surface area contributed by atoms with Crippen molar-refractivity contribution in [3.05, 3.63) is 97.1 Å². The molecule has 208 valence electrons. The highest BCUT2D eigenvalue weighted by molar-refractivity contribution is 5.86.